The molecule has 0 aliphatic carbocycles. The molecule has 0 radical (unpaired) electrons. The zero-order valence-electron chi connectivity index (χ0n) is 13.6. The molecule has 3 rings (SSSR count). The lowest BCUT2D eigenvalue weighted by Crippen LogP contribution is -2.03. The van der Waals surface area contributed by atoms with E-state index >= 15 is 0 Å². The van der Waals surface area contributed by atoms with Gasteiger partial charge in [0.15, 0.2) is 0 Å². The third-order valence-corrected chi connectivity index (χ3v) is 5.83. The van der Waals surface area contributed by atoms with Crippen LogP contribution in [0.3, 0.4) is 0 Å². The number of benzene rings is 3. The molecular formula is C18H9Cl6O3P. The van der Waals surface area contributed by atoms with Gasteiger partial charge in [-0.1, -0.05) is 69.6 Å². The lowest BCUT2D eigenvalue weighted by Gasteiger charge is -2.19. The maximum Gasteiger partial charge on any atom is 0.530 e. The highest BCUT2D eigenvalue weighted by Crippen LogP contribution is 2.47. The van der Waals surface area contributed by atoms with Gasteiger partial charge in [0.1, 0.15) is 17.2 Å². The van der Waals surface area contributed by atoms with E-state index in [-0.39, 0.29) is 15.1 Å². The van der Waals surface area contributed by atoms with Crippen molar-refractivity contribution >= 4 is 78.2 Å². The Hall–Kier alpha value is -0.770. The highest BCUT2D eigenvalue weighted by molar-refractivity contribution is 7.43. The number of hydrogen-bond donors (Lipinski definition) is 0. The first-order valence-electron chi connectivity index (χ1n) is 7.51. The highest BCUT2D eigenvalue weighted by atomic mass is 35.5. The van der Waals surface area contributed by atoms with E-state index in [0.29, 0.717) is 32.3 Å². The van der Waals surface area contributed by atoms with Gasteiger partial charge in [-0.05, 0) is 54.6 Å². The van der Waals surface area contributed by atoms with Crippen LogP contribution in [0, 0.1) is 0 Å². The van der Waals surface area contributed by atoms with Gasteiger partial charge in [0, 0.05) is 15.1 Å². The van der Waals surface area contributed by atoms with Crippen molar-refractivity contribution < 1.29 is 13.6 Å². The van der Waals surface area contributed by atoms with Gasteiger partial charge in [0.2, 0.25) is 0 Å². The van der Waals surface area contributed by atoms with Crippen LogP contribution in [-0.4, -0.2) is 0 Å². The summed E-state index contributed by atoms with van der Waals surface area (Å²) in [4.78, 5) is 0. The minimum atomic E-state index is -2.05. The molecule has 28 heavy (non-hydrogen) atoms. The highest BCUT2D eigenvalue weighted by Gasteiger charge is 2.24. The topological polar surface area (TPSA) is 27.7 Å². The minimum absolute atomic E-state index is 0.289. The van der Waals surface area contributed by atoms with Crippen LogP contribution in [0.5, 0.6) is 17.2 Å². The monoisotopic (exact) mass is 514 g/mol. The molecule has 0 saturated heterocycles. The molecule has 0 N–H and O–H groups in total. The molecule has 3 nitrogen and oxygen atoms in total. The second-order valence-corrected chi connectivity index (χ2v) is 8.75. The van der Waals surface area contributed by atoms with E-state index in [1.807, 2.05) is 0 Å². The molecule has 0 aliphatic heterocycles. The SMILES string of the molecule is Clc1ccc(OP(Oc2ccc(Cl)cc2Cl)Oc2ccc(Cl)cc2Cl)c(Cl)c1. The summed E-state index contributed by atoms with van der Waals surface area (Å²) in [6.07, 6.45) is 0. The first-order chi connectivity index (χ1) is 13.3. The molecule has 0 spiro atoms. The van der Waals surface area contributed by atoms with Crippen molar-refractivity contribution in [1.29, 1.82) is 0 Å². The Kier molecular flexibility index (Phi) is 7.69. The third kappa shape index (κ3) is 5.87. The Morgan fingerprint density at radius 3 is 1.00 bits per heavy atom. The Morgan fingerprint density at radius 2 is 0.750 bits per heavy atom. The quantitative estimate of drug-likeness (QED) is 0.305. The molecule has 0 saturated carbocycles. The van der Waals surface area contributed by atoms with Gasteiger partial charge < -0.3 is 13.6 Å². The smallest absolute Gasteiger partial charge is 0.407 e. The van der Waals surface area contributed by atoms with Gasteiger partial charge in [-0.15, -0.1) is 0 Å². The first kappa shape index (κ1) is 21.9. The summed E-state index contributed by atoms with van der Waals surface area (Å²) in [6, 6.07) is 14.3. The van der Waals surface area contributed by atoms with E-state index in [4.69, 9.17) is 83.2 Å². The predicted molar refractivity (Wildman–Crippen MR) is 118 cm³/mol. The summed E-state index contributed by atoms with van der Waals surface area (Å²) in [6.45, 7) is 0. The molecule has 146 valence electrons. The molecule has 3 aromatic rings. The number of halogens is 6. The third-order valence-electron chi connectivity index (χ3n) is 3.20. The maximum atomic E-state index is 6.19. The van der Waals surface area contributed by atoms with Crippen molar-refractivity contribution in [1.82, 2.24) is 0 Å². The van der Waals surface area contributed by atoms with Crippen LogP contribution in [0.15, 0.2) is 54.6 Å². The van der Waals surface area contributed by atoms with E-state index in [0.717, 1.165) is 0 Å². The van der Waals surface area contributed by atoms with E-state index in [1.54, 1.807) is 36.4 Å². The Balaban J connectivity index is 1.90. The molecule has 0 bridgehead atoms. The van der Waals surface area contributed by atoms with Crippen LogP contribution in [0.2, 0.25) is 30.1 Å². The largest absolute Gasteiger partial charge is 0.530 e. The Labute approximate surface area is 192 Å². The predicted octanol–water partition coefficient (Wildman–Crippen LogP) is 9.37. The van der Waals surface area contributed by atoms with Crippen LogP contribution in [0.4, 0.5) is 0 Å². The summed E-state index contributed by atoms with van der Waals surface area (Å²) in [5, 5.41) is 2.25. The molecule has 0 aliphatic rings. The molecule has 10 heteroatoms. The van der Waals surface area contributed by atoms with Crippen molar-refractivity contribution in [2.45, 2.75) is 0 Å². The van der Waals surface area contributed by atoms with Crippen LogP contribution in [0.1, 0.15) is 0 Å². The summed E-state index contributed by atoms with van der Waals surface area (Å²) >= 11 is 36.3. The first-order valence-corrected chi connectivity index (χ1v) is 10.9. The van der Waals surface area contributed by atoms with Crippen LogP contribution < -0.4 is 13.6 Å². The van der Waals surface area contributed by atoms with Crippen LogP contribution in [-0.2, 0) is 0 Å². The maximum absolute atomic E-state index is 6.19. The van der Waals surface area contributed by atoms with Gasteiger partial charge in [0.25, 0.3) is 0 Å². The van der Waals surface area contributed by atoms with E-state index < -0.39 is 8.60 Å². The summed E-state index contributed by atoms with van der Waals surface area (Å²) in [5.41, 5.74) is 0. The summed E-state index contributed by atoms with van der Waals surface area (Å²) in [5.74, 6) is 0.937. The second-order valence-electron chi connectivity index (χ2n) is 5.22. The lowest BCUT2D eigenvalue weighted by molar-refractivity contribution is 0.388. The minimum Gasteiger partial charge on any atom is -0.407 e. The zero-order chi connectivity index (χ0) is 20.3. The molecule has 0 aromatic heterocycles. The van der Waals surface area contributed by atoms with Crippen LogP contribution >= 0.6 is 78.2 Å². The molecule has 0 atom stereocenters. The molecule has 0 heterocycles. The Bertz CT molecular complexity index is 874. The summed E-state index contributed by atoms with van der Waals surface area (Å²) < 4.78 is 17.5. The van der Waals surface area contributed by atoms with Gasteiger partial charge >= 0.3 is 8.60 Å². The molecule has 0 fully saturated rings. The fourth-order valence-corrected chi connectivity index (χ4v) is 4.52. The van der Waals surface area contributed by atoms with Gasteiger partial charge in [-0.2, -0.15) is 0 Å². The van der Waals surface area contributed by atoms with E-state index in [9.17, 15) is 0 Å². The average Bonchev–Trinajstić information content (AvgIpc) is 2.62. The second kappa shape index (κ2) is 9.82. The van der Waals surface area contributed by atoms with Gasteiger partial charge in [-0.3, -0.25) is 0 Å². The molecular weight excluding hydrogens is 508 g/mol. The molecule has 3 aromatic carbocycles. The standard InChI is InChI=1S/C18H9Cl6O3P/c19-10-1-4-16(13(22)7-10)25-28(26-17-5-2-11(20)8-14(17)23)27-18-6-3-12(21)9-15(18)24/h1-9H. The fourth-order valence-electron chi connectivity index (χ4n) is 1.94. The Morgan fingerprint density at radius 1 is 0.464 bits per heavy atom. The average molecular weight is 517 g/mol. The van der Waals surface area contributed by atoms with Crippen molar-refractivity contribution in [2.24, 2.45) is 0 Å². The van der Waals surface area contributed by atoms with Crippen molar-refractivity contribution in [2.75, 3.05) is 0 Å². The van der Waals surface area contributed by atoms with E-state index in [1.165, 1.54) is 18.2 Å². The van der Waals surface area contributed by atoms with Crippen molar-refractivity contribution in [3.8, 4) is 17.2 Å². The summed E-state index contributed by atoms with van der Waals surface area (Å²) in [7, 11) is -2.05. The zero-order valence-corrected chi connectivity index (χ0v) is 19.1. The number of hydrogen-bond acceptors (Lipinski definition) is 3. The van der Waals surface area contributed by atoms with Crippen molar-refractivity contribution in [3.63, 3.8) is 0 Å². The normalized spacial score (nSPS) is 10.8. The van der Waals surface area contributed by atoms with E-state index in [2.05, 4.69) is 0 Å². The van der Waals surface area contributed by atoms with Gasteiger partial charge in [-0.25, -0.2) is 0 Å². The number of rotatable bonds is 6. The van der Waals surface area contributed by atoms with Gasteiger partial charge in [0.05, 0.1) is 15.1 Å². The molecule has 0 amide bonds. The van der Waals surface area contributed by atoms with Crippen LogP contribution in [0.25, 0.3) is 0 Å². The fraction of sp³-hybridized carbons (Fsp3) is 0. The van der Waals surface area contributed by atoms with Crippen molar-refractivity contribution in [3.05, 3.63) is 84.7 Å². The lowest BCUT2D eigenvalue weighted by atomic mass is 10.3. The molecule has 0 unspecified atom stereocenters.